The van der Waals surface area contributed by atoms with Crippen LogP contribution in [0.25, 0.3) is 0 Å². The zero-order valence-corrected chi connectivity index (χ0v) is 12.2. The minimum Gasteiger partial charge on any atom is -0.480 e. The largest absolute Gasteiger partial charge is 0.480 e. The number of carboxylic acids is 1. The van der Waals surface area contributed by atoms with Crippen LogP contribution in [-0.2, 0) is 20.9 Å². The smallest absolute Gasteiger partial charge is 0.326 e. The van der Waals surface area contributed by atoms with E-state index < -0.39 is 12.0 Å². The minimum atomic E-state index is -0.990. The third-order valence-electron chi connectivity index (χ3n) is 3.81. The van der Waals surface area contributed by atoms with Crippen molar-refractivity contribution in [3.8, 4) is 0 Å². The van der Waals surface area contributed by atoms with Gasteiger partial charge >= 0.3 is 5.97 Å². The van der Waals surface area contributed by atoms with Crippen molar-refractivity contribution >= 4 is 11.9 Å². The van der Waals surface area contributed by atoms with E-state index in [1.54, 1.807) is 6.92 Å². The summed E-state index contributed by atoms with van der Waals surface area (Å²) < 4.78 is 5.35. The van der Waals surface area contributed by atoms with Crippen LogP contribution in [0.1, 0.15) is 25.3 Å². The molecule has 1 aliphatic rings. The van der Waals surface area contributed by atoms with Gasteiger partial charge in [0.2, 0.25) is 5.91 Å². The Morgan fingerprint density at radius 3 is 2.67 bits per heavy atom. The highest BCUT2D eigenvalue weighted by molar-refractivity contribution is 5.85. The Labute approximate surface area is 124 Å². The van der Waals surface area contributed by atoms with E-state index in [1.165, 1.54) is 4.90 Å². The molecule has 1 N–H and O–H groups in total. The Hall–Kier alpha value is -1.88. The van der Waals surface area contributed by atoms with Crippen LogP contribution >= 0.6 is 0 Å². The third-order valence-corrected chi connectivity index (χ3v) is 3.81. The SMILES string of the molecule is CC(C(=O)O)N(Cc1ccccc1)C(=O)C1CCCOC1. The van der Waals surface area contributed by atoms with Gasteiger partial charge in [-0.15, -0.1) is 0 Å². The first kappa shape index (κ1) is 15.5. The molecule has 114 valence electrons. The van der Waals surface area contributed by atoms with Crippen molar-refractivity contribution < 1.29 is 19.4 Å². The summed E-state index contributed by atoms with van der Waals surface area (Å²) in [4.78, 5) is 25.4. The second-order valence-corrected chi connectivity index (χ2v) is 5.38. The summed E-state index contributed by atoms with van der Waals surface area (Å²) in [5.41, 5.74) is 0.927. The van der Waals surface area contributed by atoms with Gasteiger partial charge in [0.1, 0.15) is 6.04 Å². The van der Waals surface area contributed by atoms with Crippen molar-refractivity contribution in [3.63, 3.8) is 0 Å². The average Bonchev–Trinajstić information content (AvgIpc) is 2.53. The quantitative estimate of drug-likeness (QED) is 0.900. The Morgan fingerprint density at radius 1 is 1.38 bits per heavy atom. The highest BCUT2D eigenvalue weighted by Gasteiger charge is 2.32. The van der Waals surface area contributed by atoms with Gasteiger partial charge in [0, 0.05) is 13.2 Å². The van der Waals surface area contributed by atoms with Crippen molar-refractivity contribution in [2.45, 2.75) is 32.4 Å². The summed E-state index contributed by atoms with van der Waals surface area (Å²) in [6.07, 6.45) is 1.60. The molecule has 1 aliphatic heterocycles. The maximum atomic E-state index is 12.6. The molecule has 0 aromatic heterocycles. The highest BCUT2D eigenvalue weighted by atomic mass is 16.5. The number of benzene rings is 1. The Morgan fingerprint density at radius 2 is 2.10 bits per heavy atom. The number of carbonyl (C=O) groups is 2. The number of hydrogen-bond acceptors (Lipinski definition) is 3. The predicted octanol–water partition coefficient (Wildman–Crippen LogP) is 1.91. The first-order chi connectivity index (χ1) is 10.1. The van der Waals surface area contributed by atoms with Crippen LogP contribution in [0.15, 0.2) is 30.3 Å². The van der Waals surface area contributed by atoms with Gasteiger partial charge < -0.3 is 14.7 Å². The summed E-state index contributed by atoms with van der Waals surface area (Å²) in [6.45, 7) is 2.92. The van der Waals surface area contributed by atoms with E-state index in [1.807, 2.05) is 30.3 Å². The summed E-state index contributed by atoms with van der Waals surface area (Å²) >= 11 is 0. The fourth-order valence-corrected chi connectivity index (χ4v) is 2.49. The maximum Gasteiger partial charge on any atom is 0.326 e. The minimum absolute atomic E-state index is 0.131. The Balaban J connectivity index is 2.14. The molecule has 1 fully saturated rings. The van der Waals surface area contributed by atoms with Crippen LogP contribution in [0.4, 0.5) is 0 Å². The average molecular weight is 291 g/mol. The van der Waals surface area contributed by atoms with Gasteiger partial charge in [-0.25, -0.2) is 4.79 Å². The third kappa shape index (κ3) is 4.04. The van der Waals surface area contributed by atoms with Crippen molar-refractivity contribution in [2.24, 2.45) is 5.92 Å². The van der Waals surface area contributed by atoms with E-state index in [9.17, 15) is 14.7 Å². The molecule has 1 amide bonds. The zero-order valence-electron chi connectivity index (χ0n) is 12.2. The Kier molecular flexibility index (Phi) is 5.33. The number of hydrogen-bond donors (Lipinski definition) is 1. The number of amides is 1. The standard InChI is InChI=1S/C16H21NO4/c1-12(16(19)20)17(10-13-6-3-2-4-7-13)15(18)14-8-5-9-21-11-14/h2-4,6-7,12,14H,5,8-11H2,1H3,(H,19,20). The predicted molar refractivity (Wildman–Crippen MR) is 77.6 cm³/mol. The van der Waals surface area contributed by atoms with E-state index in [0.29, 0.717) is 19.8 Å². The molecule has 1 heterocycles. The number of rotatable bonds is 5. The summed E-state index contributed by atoms with van der Waals surface area (Å²) in [5, 5.41) is 9.25. The second-order valence-electron chi connectivity index (χ2n) is 5.38. The van der Waals surface area contributed by atoms with E-state index in [-0.39, 0.29) is 11.8 Å². The molecular weight excluding hydrogens is 270 g/mol. The maximum absolute atomic E-state index is 12.6. The molecule has 2 unspecified atom stereocenters. The molecule has 21 heavy (non-hydrogen) atoms. The van der Waals surface area contributed by atoms with Gasteiger partial charge in [0.05, 0.1) is 12.5 Å². The molecule has 0 saturated carbocycles. The van der Waals surface area contributed by atoms with Crippen LogP contribution in [0.5, 0.6) is 0 Å². The van der Waals surface area contributed by atoms with Gasteiger partial charge in [-0.05, 0) is 25.3 Å². The van der Waals surface area contributed by atoms with Crippen LogP contribution < -0.4 is 0 Å². The first-order valence-corrected chi connectivity index (χ1v) is 7.24. The van der Waals surface area contributed by atoms with Crippen molar-refractivity contribution in [1.82, 2.24) is 4.90 Å². The summed E-state index contributed by atoms with van der Waals surface area (Å²) in [6, 6.07) is 8.60. The number of nitrogens with zero attached hydrogens (tertiary/aromatic N) is 1. The number of aliphatic carboxylic acids is 1. The van der Waals surface area contributed by atoms with Crippen molar-refractivity contribution in [1.29, 1.82) is 0 Å². The molecule has 1 aromatic rings. The number of carbonyl (C=O) groups excluding carboxylic acids is 1. The number of ether oxygens (including phenoxy) is 1. The topological polar surface area (TPSA) is 66.8 Å². The van der Waals surface area contributed by atoms with Gasteiger partial charge in [-0.1, -0.05) is 30.3 Å². The highest BCUT2D eigenvalue weighted by Crippen LogP contribution is 2.20. The van der Waals surface area contributed by atoms with Crippen LogP contribution in [0.2, 0.25) is 0 Å². The second kappa shape index (κ2) is 7.22. The van der Waals surface area contributed by atoms with E-state index in [2.05, 4.69) is 0 Å². The molecule has 1 saturated heterocycles. The number of carboxylic acid groups (broad SMARTS) is 1. The van der Waals surface area contributed by atoms with E-state index in [0.717, 1.165) is 18.4 Å². The summed E-state index contributed by atoms with van der Waals surface area (Å²) in [7, 11) is 0. The first-order valence-electron chi connectivity index (χ1n) is 7.24. The lowest BCUT2D eigenvalue weighted by molar-refractivity contribution is -0.154. The lowest BCUT2D eigenvalue weighted by Gasteiger charge is -2.32. The fraction of sp³-hybridized carbons (Fsp3) is 0.500. The Bertz CT molecular complexity index is 482. The normalized spacial score (nSPS) is 19.8. The van der Waals surface area contributed by atoms with Crippen LogP contribution in [0.3, 0.4) is 0 Å². The molecule has 0 spiro atoms. The van der Waals surface area contributed by atoms with E-state index >= 15 is 0 Å². The van der Waals surface area contributed by atoms with Gasteiger partial charge in [0.25, 0.3) is 0 Å². The van der Waals surface area contributed by atoms with E-state index in [4.69, 9.17) is 4.74 Å². The van der Waals surface area contributed by atoms with Gasteiger partial charge in [0.15, 0.2) is 0 Å². The molecule has 0 aliphatic carbocycles. The monoisotopic (exact) mass is 291 g/mol. The van der Waals surface area contributed by atoms with Crippen molar-refractivity contribution in [2.75, 3.05) is 13.2 Å². The van der Waals surface area contributed by atoms with Crippen LogP contribution in [0, 0.1) is 5.92 Å². The van der Waals surface area contributed by atoms with Gasteiger partial charge in [-0.3, -0.25) is 4.79 Å². The summed E-state index contributed by atoms with van der Waals surface area (Å²) in [5.74, 6) is -1.35. The molecule has 0 bridgehead atoms. The molecule has 2 atom stereocenters. The lowest BCUT2D eigenvalue weighted by Crippen LogP contribution is -2.47. The molecule has 2 rings (SSSR count). The fourth-order valence-electron chi connectivity index (χ4n) is 2.49. The lowest BCUT2D eigenvalue weighted by atomic mass is 9.99. The molecule has 5 nitrogen and oxygen atoms in total. The zero-order chi connectivity index (χ0) is 15.2. The van der Waals surface area contributed by atoms with Crippen LogP contribution in [-0.4, -0.2) is 41.1 Å². The molecule has 5 heteroatoms. The molecular formula is C16H21NO4. The molecule has 1 aromatic carbocycles. The van der Waals surface area contributed by atoms with Crippen molar-refractivity contribution in [3.05, 3.63) is 35.9 Å². The van der Waals surface area contributed by atoms with Gasteiger partial charge in [-0.2, -0.15) is 0 Å². The molecule has 0 radical (unpaired) electrons.